The predicted molar refractivity (Wildman–Crippen MR) is 98.7 cm³/mol. The number of carbonyl (C=O) groups is 2. The summed E-state index contributed by atoms with van der Waals surface area (Å²) in [5.74, 6) is -0.123. The highest BCUT2D eigenvalue weighted by Crippen LogP contribution is 2.27. The number of nitrogens with one attached hydrogen (secondary N) is 1. The van der Waals surface area contributed by atoms with Crippen LogP contribution in [0.3, 0.4) is 0 Å². The number of hydrogen-bond acceptors (Lipinski definition) is 3. The maximum Gasteiger partial charge on any atom is 0.317 e. The van der Waals surface area contributed by atoms with Crippen molar-refractivity contribution in [3.63, 3.8) is 0 Å². The second-order valence-electron chi connectivity index (χ2n) is 7.68. The van der Waals surface area contributed by atoms with Gasteiger partial charge in [0.2, 0.25) is 0 Å². The Morgan fingerprint density at radius 2 is 1.80 bits per heavy atom. The molecule has 2 aliphatic carbocycles. The molecule has 2 fully saturated rings. The summed E-state index contributed by atoms with van der Waals surface area (Å²) in [5.41, 5.74) is 0. The molecule has 6 heteroatoms. The van der Waals surface area contributed by atoms with Gasteiger partial charge < -0.3 is 15.3 Å². The van der Waals surface area contributed by atoms with Crippen molar-refractivity contribution in [2.75, 3.05) is 26.2 Å². The third-order valence-electron chi connectivity index (χ3n) is 5.69. The zero-order chi connectivity index (χ0) is 18.2. The zero-order valence-corrected chi connectivity index (χ0v) is 15.9. The third kappa shape index (κ3) is 6.17. The minimum Gasteiger partial charge on any atom is -0.480 e. The quantitative estimate of drug-likeness (QED) is 0.668. The maximum atomic E-state index is 12.6. The van der Waals surface area contributed by atoms with Gasteiger partial charge in [0.25, 0.3) is 0 Å². The largest absolute Gasteiger partial charge is 0.480 e. The van der Waals surface area contributed by atoms with Crippen molar-refractivity contribution in [2.45, 2.75) is 77.3 Å². The first-order chi connectivity index (χ1) is 12.0. The number of carboxylic acids is 1. The minimum absolute atomic E-state index is 0.0668. The number of urea groups is 1. The lowest BCUT2D eigenvalue weighted by Gasteiger charge is -2.43. The highest BCUT2D eigenvalue weighted by atomic mass is 16.4. The second kappa shape index (κ2) is 10.00. The number of carbonyl (C=O) groups excluding carboxylic acids is 1. The van der Waals surface area contributed by atoms with E-state index in [9.17, 15) is 9.59 Å². The second-order valence-corrected chi connectivity index (χ2v) is 7.68. The van der Waals surface area contributed by atoms with Crippen LogP contribution in [0.15, 0.2) is 0 Å². The zero-order valence-electron chi connectivity index (χ0n) is 15.9. The van der Waals surface area contributed by atoms with Gasteiger partial charge in [-0.3, -0.25) is 9.69 Å². The van der Waals surface area contributed by atoms with Gasteiger partial charge in [0, 0.05) is 25.2 Å². The molecule has 0 unspecified atom stereocenters. The third-order valence-corrected chi connectivity index (χ3v) is 5.69. The fourth-order valence-corrected chi connectivity index (χ4v) is 4.17. The van der Waals surface area contributed by atoms with Crippen LogP contribution in [0.5, 0.6) is 0 Å². The average molecular weight is 354 g/mol. The Hall–Kier alpha value is -1.30. The normalized spacial score (nSPS) is 24.0. The van der Waals surface area contributed by atoms with Gasteiger partial charge in [-0.15, -0.1) is 0 Å². The van der Waals surface area contributed by atoms with Crippen LogP contribution in [0.25, 0.3) is 0 Å². The number of rotatable bonds is 9. The molecule has 25 heavy (non-hydrogen) atoms. The highest BCUT2D eigenvalue weighted by Gasteiger charge is 2.35. The lowest BCUT2D eigenvalue weighted by molar-refractivity contribution is -0.139. The van der Waals surface area contributed by atoms with Crippen molar-refractivity contribution in [3.05, 3.63) is 0 Å². The Morgan fingerprint density at radius 3 is 2.36 bits per heavy atom. The molecule has 0 aromatic rings. The molecule has 2 aliphatic rings. The summed E-state index contributed by atoms with van der Waals surface area (Å²) >= 11 is 0. The summed E-state index contributed by atoms with van der Waals surface area (Å²) in [6.07, 6.45) is 9.13. The Balaban J connectivity index is 1.76. The summed E-state index contributed by atoms with van der Waals surface area (Å²) < 4.78 is 0. The number of hydrogen-bond donors (Lipinski definition) is 2. The van der Waals surface area contributed by atoms with Crippen LogP contribution in [0.1, 0.15) is 65.2 Å². The molecule has 0 radical (unpaired) electrons. The van der Waals surface area contributed by atoms with Crippen molar-refractivity contribution in [3.8, 4) is 0 Å². The van der Waals surface area contributed by atoms with Crippen molar-refractivity contribution in [1.82, 2.24) is 15.1 Å². The lowest BCUT2D eigenvalue weighted by Crippen LogP contribution is -2.57. The van der Waals surface area contributed by atoms with Crippen molar-refractivity contribution in [1.29, 1.82) is 0 Å². The van der Waals surface area contributed by atoms with E-state index in [0.29, 0.717) is 5.92 Å². The van der Waals surface area contributed by atoms with Crippen LogP contribution in [0.2, 0.25) is 0 Å². The first kappa shape index (κ1) is 20.0. The van der Waals surface area contributed by atoms with Gasteiger partial charge in [-0.25, -0.2) is 4.79 Å². The van der Waals surface area contributed by atoms with E-state index in [1.165, 1.54) is 32.1 Å². The van der Waals surface area contributed by atoms with E-state index in [2.05, 4.69) is 12.2 Å². The van der Waals surface area contributed by atoms with Crippen molar-refractivity contribution in [2.24, 2.45) is 5.92 Å². The topological polar surface area (TPSA) is 72.9 Å². The summed E-state index contributed by atoms with van der Waals surface area (Å²) in [4.78, 5) is 27.5. The van der Waals surface area contributed by atoms with Crippen LogP contribution in [-0.2, 0) is 4.79 Å². The van der Waals surface area contributed by atoms with Gasteiger partial charge in [0.05, 0.1) is 6.54 Å². The lowest BCUT2D eigenvalue weighted by atomic mass is 9.85. The molecule has 2 rings (SSSR count). The molecule has 0 atom stereocenters. The van der Waals surface area contributed by atoms with Crippen LogP contribution >= 0.6 is 0 Å². The smallest absolute Gasteiger partial charge is 0.317 e. The molecule has 2 N–H and O–H groups in total. The Bertz CT molecular complexity index is 432. The number of nitrogens with zero attached hydrogens (tertiary/aromatic N) is 2. The Kier molecular flexibility index (Phi) is 8.00. The van der Waals surface area contributed by atoms with E-state index < -0.39 is 5.97 Å². The molecule has 0 aromatic heterocycles. The van der Waals surface area contributed by atoms with Crippen molar-refractivity contribution < 1.29 is 14.7 Å². The summed E-state index contributed by atoms with van der Waals surface area (Å²) in [7, 11) is 0. The van der Waals surface area contributed by atoms with Gasteiger partial charge >= 0.3 is 12.0 Å². The molecule has 0 bridgehead atoms. The molecule has 0 aliphatic heterocycles. The van der Waals surface area contributed by atoms with E-state index in [1.54, 1.807) is 0 Å². The highest BCUT2D eigenvalue weighted by molar-refractivity contribution is 5.74. The van der Waals surface area contributed by atoms with Crippen LogP contribution in [0.4, 0.5) is 4.79 Å². The Labute approximate surface area is 151 Å². The fraction of sp³-hybridized carbons (Fsp3) is 0.895. The molecule has 0 spiro atoms. The number of likely N-dealkylation sites (N-methyl/N-ethyl adjacent to an activating group) is 1. The SMILES string of the molecule is CCCN(CC1CCCCC1)C(=O)NC1CC(N(CC)CC(=O)O)C1. The fourth-order valence-electron chi connectivity index (χ4n) is 4.17. The standard InChI is InChI=1S/C19H35N3O3/c1-3-10-22(13-15-8-6-5-7-9-15)19(25)20-16-11-17(12-16)21(4-2)14-18(23)24/h15-17H,3-14H2,1-2H3,(H,20,25)(H,23,24). The molecule has 0 saturated heterocycles. The van der Waals surface area contributed by atoms with Gasteiger partial charge in [-0.05, 0) is 44.6 Å². The minimum atomic E-state index is -0.782. The number of amides is 2. The summed E-state index contributed by atoms with van der Waals surface area (Å²) in [5, 5.41) is 12.1. The molecule has 6 nitrogen and oxygen atoms in total. The van der Waals surface area contributed by atoms with Crippen molar-refractivity contribution >= 4 is 12.0 Å². The Morgan fingerprint density at radius 1 is 1.12 bits per heavy atom. The monoisotopic (exact) mass is 353 g/mol. The predicted octanol–water partition coefficient (Wildman–Crippen LogP) is 2.93. The first-order valence-corrected chi connectivity index (χ1v) is 10.0. The van der Waals surface area contributed by atoms with Gasteiger partial charge in [0.1, 0.15) is 0 Å². The summed E-state index contributed by atoms with van der Waals surface area (Å²) in [6.45, 7) is 6.63. The molecule has 144 valence electrons. The molecule has 0 aromatic carbocycles. The van der Waals surface area contributed by atoms with E-state index in [4.69, 9.17) is 5.11 Å². The van der Waals surface area contributed by atoms with Gasteiger partial charge in [0.15, 0.2) is 0 Å². The van der Waals surface area contributed by atoms with E-state index in [-0.39, 0.29) is 24.7 Å². The van der Waals surface area contributed by atoms with Gasteiger partial charge in [-0.2, -0.15) is 0 Å². The molecule has 2 amide bonds. The number of carboxylic acid groups (broad SMARTS) is 1. The molecule has 2 saturated carbocycles. The van der Waals surface area contributed by atoms with Crippen LogP contribution in [-0.4, -0.2) is 65.2 Å². The average Bonchev–Trinajstić information content (AvgIpc) is 2.56. The van der Waals surface area contributed by atoms with Gasteiger partial charge in [-0.1, -0.05) is 33.1 Å². The molecular formula is C19H35N3O3. The van der Waals surface area contributed by atoms with E-state index >= 15 is 0 Å². The first-order valence-electron chi connectivity index (χ1n) is 10.0. The summed E-state index contributed by atoms with van der Waals surface area (Å²) in [6, 6.07) is 0.535. The molecular weight excluding hydrogens is 318 g/mol. The number of aliphatic carboxylic acids is 1. The van der Waals surface area contributed by atoms with Crippen LogP contribution in [0, 0.1) is 5.92 Å². The maximum absolute atomic E-state index is 12.6. The molecule has 0 heterocycles. The van der Waals surface area contributed by atoms with Crippen LogP contribution < -0.4 is 5.32 Å². The van der Waals surface area contributed by atoms with E-state index in [0.717, 1.165) is 38.9 Å². The van der Waals surface area contributed by atoms with E-state index in [1.807, 2.05) is 16.7 Å².